The molecule has 0 spiro atoms. The molecule has 0 aromatic heterocycles. The van der Waals surface area contributed by atoms with Crippen LogP contribution in [0.1, 0.15) is 19.3 Å². The van der Waals surface area contributed by atoms with E-state index in [1.807, 2.05) is 0 Å². The largest absolute Gasteiger partial charge is 0.380 e. The summed E-state index contributed by atoms with van der Waals surface area (Å²) in [7, 11) is 0. The predicted molar refractivity (Wildman–Crippen MR) is 56.1 cm³/mol. The van der Waals surface area contributed by atoms with E-state index in [0.717, 1.165) is 31.0 Å². The molecule has 0 aromatic carbocycles. The van der Waals surface area contributed by atoms with Gasteiger partial charge in [-0.1, -0.05) is 12.2 Å². The topological polar surface area (TPSA) is 21.3 Å². The smallest absolute Gasteiger partial charge is 0.0620 e. The zero-order valence-electron chi connectivity index (χ0n) is 8.61. The fourth-order valence-corrected chi connectivity index (χ4v) is 3.14. The average molecular weight is 193 g/mol. The lowest BCUT2D eigenvalue weighted by Gasteiger charge is -2.20. The van der Waals surface area contributed by atoms with Crippen LogP contribution < -0.4 is 5.32 Å². The molecule has 0 radical (unpaired) electrons. The third-order valence-corrected chi connectivity index (χ3v) is 4.01. The minimum atomic E-state index is 0.637. The molecule has 3 rings (SSSR count). The van der Waals surface area contributed by atoms with Crippen molar-refractivity contribution in [1.29, 1.82) is 0 Å². The maximum atomic E-state index is 5.36. The van der Waals surface area contributed by atoms with Gasteiger partial charge in [0, 0.05) is 12.6 Å². The Morgan fingerprint density at radius 3 is 2.93 bits per heavy atom. The molecule has 2 heteroatoms. The monoisotopic (exact) mass is 193 g/mol. The van der Waals surface area contributed by atoms with Crippen molar-refractivity contribution in [2.45, 2.75) is 25.3 Å². The van der Waals surface area contributed by atoms with Crippen LogP contribution in [0.25, 0.3) is 0 Å². The van der Waals surface area contributed by atoms with Gasteiger partial charge in [-0.3, -0.25) is 0 Å². The third-order valence-electron chi connectivity index (χ3n) is 4.01. The minimum absolute atomic E-state index is 0.637. The Bertz CT molecular complexity index is 232. The van der Waals surface area contributed by atoms with Gasteiger partial charge in [-0.2, -0.15) is 0 Å². The Morgan fingerprint density at radius 1 is 1.29 bits per heavy atom. The second-order valence-electron chi connectivity index (χ2n) is 5.01. The van der Waals surface area contributed by atoms with Crippen LogP contribution in [-0.4, -0.2) is 25.8 Å². The van der Waals surface area contributed by atoms with Crippen LogP contribution in [0.5, 0.6) is 0 Å². The third kappa shape index (κ3) is 1.61. The Hall–Kier alpha value is -0.340. The Morgan fingerprint density at radius 2 is 2.29 bits per heavy atom. The molecule has 4 atom stereocenters. The van der Waals surface area contributed by atoms with Crippen LogP contribution in [0.4, 0.5) is 0 Å². The summed E-state index contributed by atoms with van der Waals surface area (Å²) in [4.78, 5) is 0. The average Bonchev–Trinajstić information content (AvgIpc) is 2.91. The standard InChI is InChI=1S/C12H19NO/c1-2-10-5-9(1)6-11(10)7-13-12-3-4-14-8-12/h1-2,9-13H,3-8H2. The van der Waals surface area contributed by atoms with Crippen molar-refractivity contribution < 1.29 is 4.74 Å². The van der Waals surface area contributed by atoms with Gasteiger partial charge >= 0.3 is 0 Å². The molecular weight excluding hydrogens is 174 g/mol. The van der Waals surface area contributed by atoms with Gasteiger partial charge in [0.2, 0.25) is 0 Å². The first-order chi connectivity index (χ1) is 6.92. The van der Waals surface area contributed by atoms with E-state index in [2.05, 4.69) is 17.5 Å². The molecule has 2 bridgehead atoms. The summed E-state index contributed by atoms with van der Waals surface area (Å²) < 4.78 is 5.36. The van der Waals surface area contributed by atoms with Crippen LogP contribution >= 0.6 is 0 Å². The Balaban J connectivity index is 1.47. The fourth-order valence-electron chi connectivity index (χ4n) is 3.14. The highest BCUT2D eigenvalue weighted by atomic mass is 16.5. The normalized spacial score (nSPS) is 45.1. The summed E-state index contributed by atoms with van der Waals surface area (Å²) in [5.74, 6) is 2.70. The van der Waals surface area contributed by atoms with Crippen molar-refractivity contribution in [2.75, 3.05) is 19.8 Å². The van der Waals surface area contributed by atoms with E-state index < -0.39 is 0 Å². The molecule has 1 aliphatic heterocycles. The molecule has 2 fully saturated rings. The summed E-state index contributed by atoms with van der Waals surface area (Å²) >= 11 is 0. The highest BCUT2D eigenvalue weighted by Crippen LogP contribution is 2.42. The first-order valence-electron chi connectivity index (χ1n) is 5.91. The predicted octanol–water partition coefficient (Wildman–Crippen LogP) is 1.58. The molecule has 14 heavy (non-hydrogen) atoms. The van der Waals surface area contributed by atoms with Crippen molar-refractivity contribution in [3.05, 3.63) is 12.2 Å². The molecule has 1 heterocycles. The van der Waals surface area contributed by atoms with E-state index >= 15 is 0 Å². The number of hydrogen-bond acceptors (Lipinski definition) is 2. The van der Waals surface area contributed by atoms with Gasteiger partial charge < -0.3 is 10.1 Å². The number of ether oxygens (including phenoxy) is 1. The fraction of sp³-hybridized carbons (Fsp3) is 0.833. The van der Waals surface area contributed by atoms with Crippen molar-refractivity contribution in [3.8, 4) is 0 Å². The second kappa shape index (κ2) is 3.67. The van der Waals surface area contributed by atoms with E-state index in [0.29, 0.717) is 6.04 Å². The molecule has 0 amide bonds. The molecule has 2 nitrogen and oxygen atoms in total. The highest BCUT2D eigenvalue weighted by molar-refractivity contribution is 5.10. The number of fused-ring (bicyclic) bond motifs is 2. The van der Waals surface area contributed by atoms with Gasteiger partial charge in [0.25, 0.3) is 0 Å². The molecule has 1 N–H and O–H groups in total. The van der Waals surface area contributed by atoms with Crippen molar-refractivity contribution in [2.24, 2.45) is 17.8 Å². The zero-order chi connectivity index (χ0) is 9.38. The number of rotatable bonds is 3. The summed E-state index contributed by atoms with van der Waals surface area (Å²) in [5, 5.41) is 3.65. The van der Waals surface area contributed by atoms with Crippen molar-refractivity contribution in [3.63, 3.8) is 0 Å². The van der Waals surface area contributed by atoms with Gasteiger partial charge in [0.15, 0.2) is 0 Å². The van der Waals surface area contributed by atoms with Crippen LogP contribution in [0.3, 0.4) is 0 Å². The molecule has 3 aliphatic rings. The van der Waals surface area contributed by atoms with Crippen LogP contribution in [0, 0.1) is 17.8 Å². The van der Waals surface area contributed by atoms with Crippen LogP contribution in [0.15, 0.2) is 12.2 Å². The molecule has 1 saturated carbocycles. The molecule has 2 aliphatic carbocycles. The number of nitrogens with one attached hydrogen (secondary N) is 1. The van der Waals surface area contributed by atoms with E-state index in [1.165, 1.54) is 25.8 Å². The molecule has 4 unspecified atom stereocenters. The first-order valence-corrected chi connectivity index (χ1v) is 5.91. The molecule has 78 valence electrons. The van der Waals surface area contributed by atoms with Gasteiger partial charge in [-0.05, 0) is 43.6 Å². The Labute approximate surface area is 85.7 Å². The molecule has 0 aromatic rings. The Kier molecular flexibility index (Phi) is 2.34. The zero-order valence-corrected chi connectivity index (χ0v) is 8.61. The molecular formula is C12H19NO. The van der Waals surface area contributed by atoms with E-state index in [4.69, 9.17) is 4.74 Å². The van der Waals surface area contributed by atoms with Crippen LogP contribution in [-0.2, 0) is 4.74 Å². The lowest BCUT2D eigenvalue weighted by Crippen LogP contribution is -2.34. The van der Waals surface area contributed by atoms with E-state index in [-0.39, 0.29) is 0 Å². The van der Waals surface area contributed by atoms with Gasteiger partial charge in [-0.25, -0.2) is 0 Å². The molecule has 1 saturated heterocycles. The van der Waals surface area contributed by atoms with Crippen molar-refractivity contribution >= 4 is 0 Å². The highest BCUT2D eigenvalue weighted by Gasteiger charge is 2.35. The first kappa shape index (κ1) is 8.93. The maximum Gasteiger partial charge on any atom is 0.0620 e. The van der Waals surface area contributed by atoms with Crippen molar-refractivity contribution in [1.82, 2.24) is 5.32 Å². The number of allylic oxidation sites excluding steroid dienone is 2. The SMILES string of the molecule is C1=CC2CC1CC2CNC1CCOC1. The van der Waals surface area contributed by atoms with Gasteiger partial charge in [-0.15, -0.1) is 0 Å². The lowest BCUT2D eigenvalue weighted by molar-refractivity contribution is 0.188. The summed E-state index contributed by atoms with van der Waals surface area (Å²) in [6.45, 7) is 3.09. The maximum absolute atomic E-state index is 5.36. The number of hydrogen-bond donors (Lipinski definition) is 1. The van der Waals surface area contributed by atoms with Crippen LogP contribution in [0.2, 0.25) is 0 Å². The van der Waals surface area contributed by atoms with Gasteiger partial charge in [0.05, 0.1) is 6.61 Å². The summed E-state index contributed by atoms with van der Waals surface area (Å²) in [5.41, 5.74) is 0. The van der Waals surface area contributed by atoms with E-state index in [1.54, 1.807) is 0 Å². The van der Waals surface area contributed by atoms with E-state index in [9.17, 15) is 0 Å². The summed E-state index contributed by atoms with van der Waals surface area (Å²) in [6.07, 6.45) is 8.90. The summed E-state index contributed by atoms with van der Waals surface area (Å²) in [6, 6.07) is 0.637. The quantitative estimate of drug-likeness (QED) is 0.687. The van der Waals surface area contributed by atoms with Gasteiger partial charge in [0.1, 0.15) is 0 Å². The second-order valence-corrected chi connectivity index (χ2v) is 5.01. The lowest BCUT2D eigenvalue weighted by atomic mass is 9.93. The minimum Gasteiger partial charge on any atom is -0.380 e.